The highest BCUT2D eigenvalue weighted by atomic mass is 35.5. The summed E-state index contributed by atoms with van der Waals surface area (Å²) in [6, 6.07) is 8.88. The molecular weight excluding hydrogens is 254 g/mol. The van der Waals surface area contributed by atoms with Crippen molar-refractivity contribution in [3.63, 3.8) is 0 Å². The van der Waals surface area contributed by atoms with Gasteiger partial charge in [0.1, 0.15) is 0 Å². The van der Waals surface area contributed by atoms with Gasteiger partial charge in [0.25, 0.3) is 0 Å². The fourth-order valence-corrected chi connectivity index (χ4v) is 2.82. The number of nitrogens with one attached hydrogen (secondary N) is 1. The minimum atomic E-state index is 0.586. The number of unbranched alkanes of at least 4 members (excludes halogenated alkanes) is 1. The summed E-state index contributed by atoms with van der Waals surface area (Å²) < 4.78 is 0. The van der Waals surface area contributed by atoms with E-state index in [1.54, 1.807) is 0 Å². The SMILES string of the molecule is CCCCC(CC)C(Cc1ccc(Cl)cc1)NCC. The largest absolute Gasteiger partial charge is 0.314 e. The van der Waals surface area contributed by atoms with Crippen LogP contribution in [0, 0.1) is 5.92 Å². The molecule has 19 heavy (non-hydrogen) atoms. The van der Waals surface area contributed by atoms with Crippen LogP contribution >= 0.6 is 11.6 Å². The average Bonchev–Trinajstić information content (AvgIpc) is 2.42. The van der Waals surface area contributed by atoms with Crippen LogP contribution in [0.15, 0.2) is 24.3 Å². The van der Waals surface area contributed by atoms with Gasteiger partial charge in [-0.2, -0.15) is 0 Å². The van der Waals surface area contributed by atoms with Crippen molar-refractivity contribution in [3.8, 4) is 0 Å². The van der Waals surface area contributed by atoms with Crippen molar-refractivity contribution in [1.82, 2.24) is 5.32 Å². The molecule has 0 saturated heterocycles. The molecule has 1 N–H and O–H groups in total. The standard InChI is InChI=1S/C17H28ClN/c1-4-7-8-15(5-2)17(19-6-3)13-14-9-11-16(18)12-10-14/h9-12,15,17,19H,4-8,13H2,1-3H3. The maximum atomic E-state index is 5.95. The Labute approximate surface area is 123 Å². The molecular formula is C17H28ClN. The van der Waals surface area contributed by atoms with E-state index < -0.39 is 0 Å². The number of hydrogen-bond donors (Lipinski definition) is 1. The van der Waals surface area contributed by atoms with Crippen LogP contribution in [0.5, 0.6) is 0 Å². The first-order chi connectivity index (χ1) is 9.21. The van der Waals surface area contributed by atoms with Gasteiger partial charge in [-0.25, -0.2) is 0 Å². The van der Waals surface area contributed by atoms with Crippen molar-refractivity contribution in [2.75, 3.05) is 6.54 Å². The normalized spacial score (nSPS) is 14.3. The van der Waals surface area contributed by atoms with Crippen LogP contribution in [0.2, 0.25) is 5.02 Å². The molecule has 0 bridgehead atoms. The molecule has 0 spiro atoms. The van der Waals surface area contributed by atoms with Crippen molar-refractivity contribution in [2.24, 2.45) is 5.92 Å². The molecule has 0 amide bonds. The molecule has 1 aromatic rings. The Hall–Kier alpha value is -0.530. The van der Waals surface area contributed by atoms with Gasteiger partial charge in [0, 0.05) is 11.1 Å². The lowest BCUT2D eigenvalue weighted by molar-refractivity contribution is 0.319. The molecule has 2 atom stereocenters. The Kier molecular flexibility index (Phi) is 8.16. The number of benzene rings is 1. The predicted molar refractivity (Wildman–Crippen MR) is 85.9 cm³/mol. The summed E-state index contributed by atoms with van der Waals surface area (Å²) in [5, 5.41) is 4.49. The smallest absolute Gasteiger partial charge is 0.0406 e. The van der Waals surface area contributed by atoms with E-state index in [9.17, 15) is 0 Å². The Balaban J connectivity index is 2.66. The molecule has 0 aliphatic rings. The van der Waals surface area contributed by atoms with Gasteiger partial charge in [-0.15, -0.1) is 0 Å². The molecule has 0 aliphatic heterocycles. The first-order valence-corrected chi connectivity index (χ1v) is 8.06. The maximum Gasteiger partial charge on any atom is 0.0406 e. The maximum absolute atomic E-state index is 5.95. The van der Waals surface area contributed by atoms with Crippen LogP contribution in [0.4, 0.5) is 0 Å². The second kappa shape index (κ2) is 9.39. The van der Waals surface area contributed by atoms with Gasteiger partial charge in [-0.1, -0.05) is 63.8 Å². The van der Waals surface area contributed by atoms with E-state index in [1.807, 2.05) is 12.1 Å². The summed E-state index contributed by atoms with van der Waals surface area (Å²) in [6.07, 6.45) is 6.31. The Morgan fingerprint density at radius 2 is 1.79 bits per heavy atom. The summed E-state index contributed by atoms with van der Waals surface area (Å²) in [7, 11) is 0. The number of hydrogen-bond acceptors (Lipinski definition) is 1. The summed E-state index contributed by atoms with van der Waals surface area (Å²) in [4.78, 5) is 0. The lowest BCUT2D eigenvalue weighted by Crippen LogP contribution is -2.37. The summed E-state index contributed by atoms with van der Waals surface area (Å²) in [5.74, 6) is 0.774. The third-order valence-electron chi connectivity index (χ3n) is 3.86. The second-order valence-electron chi connectivity index (χ2n) is 5.31. The van der Waals surface area contributed by atoms with Gasteiger partial charge in [0.2, 0.25) is 0 Å². The van der Waals surface area contributed by atoms with Crippen LogP contribution in [-0.2, 0) is 6.42 Å². The minimum absolute atomic E-state index is 0.586. The van der Waals surface area contributed by atoms with E-state index in [0.29, 0.717) is 6.04 Å². The van der Waals surface area contributed by atoms with Crippen LogP contribution in [-0.4, -0.2) is 12.6 Å². The summed E-state index contributed by atoms with van der Waals surface area (Å²) in [5.41, 5.74) is 1.38. The van der Waals surface area contributed by atoms with Gasteiger partial charge in [0.15, 0.2) is 0 Å². The van der Waals surface area contributed by atoms with E-state index in [4.69, 9.17) is 11.6 Å². The minimum Gasteiger partial charge on any atom is -0.314 e. The third kappa shape index (κ3) is 5.97. The van der Waals surface area contributed by atoms with Crippen LogP contribution < -0.4 is 5.32 Å². The highest BCUT2D eigenvalue weighted by molar-refractivity contribution is 6.30. The Morgan fingerprint density at radius 1 is 1.11 bits per heavy atom. The van der Waals surface area contributed by atoms with Gasteiger partial charge in [-0.05, 0) is 43.0 Å². The Bertz CT molecular complexity index is 334. The average molecular weight is 282 g/mol. The molecule has 0 radical (unpaired) electrons. The van der Waals surface area contributed by atoms with E-state index in [0.717, 1.165) is 23.9 Å². The fourth-order valence-electron chi connectivity index (χ4n) is 2.70. The van der Waals surface area contributed by atoms with Crippen LogP contribution in [0.3, 0.4) is 0 Å². The number of halogens is 1. The van der Waals surface area contributed by atoms with Crippen LogP contribution in [0.25, 0.3) is 0 Å². The van der Waals surface area contributed by atoms with E-state index in [1.165, 1.54) is 31.2 Å². The lowest BCUT2D eigenvalue weighted by Gasteiger charge is -2.27. The summed E-state index contributed by atoms with van der Waals surface area (Å²) in [6.45, 7) is 7.82. The Morgan fingerprint density at radius 3 is 2.32 bits per heavy atom. The lowest BCUT2D eigenvalue weighted by atomic mass is 9.87. The number of likely N-dealkylation sites (N-methyl/N-ethyl adjacent to an activating group) is 1. The zero-order valence-electron chi connectivity index (χ0n) is 12.6. The van der Waals surface area contributed by atoms with Crippen molar-refractivity contribution >= 4 is 11.6 Å². The molecule has 0 heterocycles. The van der Waals surface area contributed by atoms with Gasteiger partial charge < -0.3 is 5.32 Å². The van der Waals surface area contributed by atoms with Gasteiger partial charge >= 0.3 is 0 Å². The van der Waals surface area contributed by atoms with Crippen molar-refractivity contribution < 1.29 is 0 Å². The van der Waals surface area contributed by atoms with Crippen LogP contribution in [0.1, 0.15) is 52.0 Å². The molecule has 108 valence electrons. The number of rotatable bonds is 9. The van der Waals surface area contributed by atoms with E-state index >= 15 is 0 Å². The molecule has 0 saturated carbocycles. The second-order valence-corrected chi connectivity index (χ2v) is 5.74. The van der Waals surface area contributed by atoms with E-state index in [2.05, 4.69) is 38.2 Å². The van der Waals surface area contributed by atoms with Crippen molar-refractivity contribution in [3.05, 3.63) is 34.9 Å². The zero-order valence-corrected chi connectivity index (χ0v) is 13.3. The molecule has 0 fully saturated rings. The highest BCUT2D eigenvalue weighted by Gasteiger charge is 2.18. The molecule has 0 aliphatic carbocycles. The van der Waals surface area contributed by atoms with E-state index in [-0.39, 0.29) is 0 Å². The fraction of sp³-hybridized carbons (Fsp3) is 0.647. The van der Waals surface area contributed by atoms with Crippen molar-refractivity contribution in [2.45, 2.75) is 58.9 Å². The van der Waals surface area contributed by atoms with Crippen molar-refractivity contribution in [1.29, 1.82) is 0 Å². The molecule has 1 rings (SSSR count). The third-order valence-corrected chi connectivity index (χ3v) is 4.11. The molecule has 2 heteroatoms. The molecule has 2 unspecified atom stereocenters. The predicted octanol–water partition coefficient (Wildman–Crippen LogP) is 5.08. The van der Waals surface area contributed by atoms with Gasteiger partial charge in [0.05, 0.1) is 0 Å². The molecule has 1 nitrogen and oxygen atoms in total. The topological polar surface area (TPSA) is 12.0 Å². The molecule has 0 aromatic heterocycles. The first kappa shape index (κ1) is 16.5. The first-order valence-electron chi connectivity index (χ1n) is 7.69. The monoisotopic (exact) mass is 281 g/mol. The quantitative estimate of drug-likeness (QED) is 0.666. The molecule has 1 aromatic carbocycles. The summed E-state index contributed by atoms with van der Waals surface area (Å²) >= 11 is 5.95. The van der Waals surface area contributed by atoms with Gasteiger partial charge in [-0.3, -0.25) is 0 Å². The zero-order chi connectivity index (χ0) is 14.1. The highest BCUT2D eigenvalue weighted by Crippen LogP contribution is 2.21.